The summed E-state index contributed by atoms with van der Waals surface area (Å²) in [5.41, 5.74) is 0. The molecule has 1 aromatic rings. The van der Waals surface area contributed by atoms with Gasteiger partial charge in [0.1, 0.15) is 5.82 Å². The topological polar surface area (TPSA) is 78.0 Å². The number of carboxylic acids is 1. The van der Waals surface area contributed by atoms with Crippen molar-refractivity contribution in [3.8, 4) is 0 Å². The molecule has 1 fully saturated rings. The van der Waals surface area contributed by atoms with Crippen molar-refractivity contribution in [2.24, 2.45) is 5.92 Å². The molecule has 100 valence electrons. The fourth-order valence-corrected chi connectivity index (χ4v) is 2.60. The Bertz CT molecular complexity index is 364. The van der Waals surface area contributed by atoms with Gasteiger partial charge in [-0.05, 0) is 32.2 Å². The number of hydrogen-bond acceptors (Lipinski definition) is 3. The fourth-order valence-electron chi connectivity index (χ4n) is 2.60. The van der Waals surface area contributed by atoms with Crippen LogP contribution in [0.4, 0.5) is 0 Å². The van der Waals surface area contributed by atoms with Crippen LogP contribution >= 0.6 is 0 Å². The minimum absolute atomic E-state index is 0.152. The molecule has 2 atom stereocenters. The van der Waals surface area contributed by atoms with Gasteiger partial charge in [0.2, 0.25) is 0 Å². The maximum atomic E-state index is 10.9. The van der Waals surface area contributed by atoms with Crippen LogP contribution in [0.3, 0.4) is 0 Å². The van der Waals surface area contributed by atoms with Crippen LogP contribution < -0.4 is 5.32 Å². The summed E-state index contributed by atoms with van der Waals surface area (Å²) in [6.45, 7) is 0.928. The molecule has 0 bridgehead atoms. The van der Waals surface area contributed by atoms with E-state index in [4.69, 9.17) is 5.11 Å². The molecule has 1 aromatic heterocycles. The Morgan fingerprint density at radius 2 is 2.44 bits per heavy atom. The molecule has 1 aliphatic rings. The average Bonchev–Trinajstić information content (AvgIpc) is 2.88. The molecule has 18 heavy (non-hydrogen) atoms. The number of carbonyl (C=O) groups is 1. The van der Waals surface area contributed by atoms with Crippen LogP contribution in [-0.4, -0.2) is 33.6 Å². The fraction of sp³-hybridized carbons (Fsp3) is 0.692. The van der Waals surface area contributed by atoms with E-state index in [9.17, 15) is 4.79 Å². The first kappa shape index (κ1) is 13.1. The Morgan fingerprint density at radius 3 is 3.17 bits per heavy atom. The first-order chi connectivity index (χ1) is 8.75. The van der Waals surface area contributed by atoms with Gasteiger partial charge in [-0.2, -0.15) is 0 Å². The molecule has 0 amide bonds. The first-order valence-corrected chi connectivity index (χ1v) is 6.70. The maximum Gasteiger partial charge on any atom is 0.306 e. The number of carboxylic acid groups (broad SMARTS) is 1. The number of nitrogens with one attached hydrogen (secondary N) is 2. The molecule has 3 N–H and O–H groups in total. The van der Waals surface area contributed by atoms with Crippen LogP contribution in [0.15, 0.2) is 12.4 Å². The van der Waals surface area contributed by atoms with Crippen LogP contribution in [0.5, 0.6) is 0 Å². The Hall–Kier alpha value is -1.36. The number of aryl methyl sites for hydroxylation is 1. The highest BCUT2D eigenvalue weighted by Gasteiger charge is 2.26. The highest BCUT2D eigenvalue weighted by Crippen LogP contribution is 2.24. The third kappa shape index (κ3) is 3.84. The standard InChI is InChI=1S/C13H21N3O2/c17-13(18)10-3-1-4-11(9-10)14-6-2-5-12-15-7-8-16-12/h7-8,10-11,14H,1-6,9H2,(H,15,16)(H,17,18). The highest BCUT2D eigenvalue weighted by atomic mass is 16.4. The normalized spacial score (nSPS) is 24.0. The lowest BCUT2D eigenvalue weighted by atomic mass is 9.86. The van der Waals surface area contributed by atoms with Gasteiger partial charge in [-0.25, -0.2) is 4.98 Å². The molecule has 0 radical (unpaired) electrons. The van der Waals surface area contributed by atoms with Gasteiger partial charge in [-0.3, -0.25) is 4.79 Å². The van der Waals surface area contributed by atoms with E-state index >= 15 is 0 Å². The van der Waals surface area contributed by atoms with E-state index in [0.717, 1.165) is 50.9 Å². The summed E-state index contributed by atoms with van der Waals surface area (Å²) in [7, 11) is 0. The molecule has 2 unspecified atom stereocenters. The third-order valence-electron chi connectivity index (χ3n) is 3.60. The number of aromatic amines is 1. The van der Waals surface area contributed by atoms with E-state index < -0.39 is 5.97 Å². The maximum absolute atomic E-state index is 10.9. The van der Waals surface area contributed by atoms with Crippen LogP contribution in [0.2, 0.25) is 0 Å². The van der Waals surface area contributed by atoms with E-state index in [-0.39, 0.29) is 5.92 Å². The number of H-pyrrole nitrogens is 1. The summed E-state index contributed by atoms with van der Waals surface area (Å²) >= 11 is 0. The van der Waals surface area contributed by atoms with Crippen LogP contribution in [-0.2, 0) is 11.2 Å². The molecule has 1 heterocycles. The highest BCUT2D eigenvalue weighted by molar-refractivity contribution is 5.70. The molecule has 0 saturated heterocycles. The summed E-state index contributed by atoms with van der Waals surface area (Å²) in [4.78, 5) is 18.2. The zero-order chi connectivity index (χ0) is 12.8. The van der Waals surface area contributed by atoms with Crippen molar-refractivity contribution in [2.75, 3.05) is 6.54 Å². The number of aromatic nitrogens is 2. The Labute approximate surface area is 107 Å². The minimum Gasteiger partial charge on any atom is -0.481 e. The largest absolute Gasteiger partial charge is 0.481 e. The molecule has 1 aliphatic carbocycles. The van der Waals surface area contributed by atoms with E-state index in [1.54, 1.807) is 6.20 Å². The second-order valence-electron chi connectivity index (χ2n) is 4.99. The minimum atomic E-state index is -0.642. The Kier molecular flexibility index (Phi) is 4.75. The van der Waals surface area contributed by atoms with Crippen molar-refractivity contribution in [3.63, 3.8) is 0 Å². The van der Waals surface area contributed by atoms with Crippen LogP contribution in [0.1, 0.15) is 37.9 Å². The lowest BCUT2D eigenvalue weighted by Crippen LogP contribution is -2.37. The summed E-state index contributed by atoms with van der Waals surface area (Å²) in [6, 6.07) is 0.372. The van der Waals surface area contributed by atoms with Gasteiger partial charge < -0.3 is 15.4 Å². The number of nitrogens with zero attached hydrogens (tertiary/aromatic N) is 1. The predicted octanol–water partition coefficient (Wildman–Crippen LogP) is 1.58. The second kappa shape index (κ2) is 6.54. The summed E-state index contributed by atoms with van der Waals surface area (Å²) in [5.74, 6) is 0.224. The molecule has 0 aliphatic heterocycles. The summed E-state index contributed by atoms with van der Waals surface area (Å²) in [6.07, 6.45) is 9.30. The Balaban J connectivity index is 1.62. The van der Waals surface area contributed by atoms with Gasteiger partial charge in [0.25, 0.3) is 0 Å². The predicted molar refractivity (Wildman–Crippen MR) is 68.3 cm³/mol. The van der Waals surface area contributed by atoms with Gasteiger partial charge in [-0.1, -0.05) is 6.42 Å². The van der Waals surface area contributed by atoms with Crippen molar-refractivity contribution in [3.05, 3.63) is 18.2 Å². The smallest absolute Gasteiger partial charge is 0.306 e. The third-order valence-corrected chi connectivity index (χ3v) is 3.60. The molecule has 5 nitrogen and oxygen atoms in total. The van der Waals surface area contributed by atoms with Crippen molar-refractivity contribution in [1.82, 2.24) is 15.3 Å². The van der Waals surface area contributed by atoms with Gasteiger partial charge >= 0.3 is 5.97 Å². The molecule has 0 aromatic carbocycles. The van der Waals surface area contributed by atoms with E-state index in [2.05, 4.69) is 15.3 Å². The van der Waals surface area contributed by atoms with Crippen LogP contribution in [0.25, 0.3) is 0 Å². The number of imidazole rings is 1. The zero-order valence-corrected chi connectivity index (χ0v) is 10.6. The van der Waals surface area contributed by atoms with Gasteiger partial charge in [0.05, 0.1) is 5.92 Å². The SMILES string of the molecule is O=C(O)C1CCCC(NCCCc2ncc[nH]2)C1. The average molecular weight is 251 g/mol. The van der Waals surface area contributed by atoms with E-state index in [1.807, 2.05) is 6.20 Å². The molecule has 0 spiro atoms. The molecule has 5 heteroatoms. The zero-order valence-electron chi connectivity index (χ0n) is 10.6. The van der Waals surface area contributed by atoms with Gasteiger partial charge in [0.15, 0.2) is 0 Å². The lowest BCUT2D eigenvalue weighted by molar-refractivity contribution is -0.143. The molecular formula is C13H21N3O2. The lowest BCUT2D eigenvalue weighted by Gasteiger charge is -2.27. The number of hydrogen-bond donors (Lipinski definition) is 3. The van der Waals surface area contributed by atoms with Crippen molar-refractivity contribution >= 4 is 5.97 Å². The van der Waals surface area contributed by atoms with Gasteiger partial charge in [0, 0.05) is 24.9 Å². The van der Waals surface area contributed by atoms with Crippen molar-refractivity contribution < 1.29 is 9.90 Å². The Morgan fingerprint density at radius 1 is 1.56 bits per heavy atom. The van der Waals surface area contributed by atoms with Crippen molar-refractivity contribution in [1.29, 1.82) is 0 Å². The van der Waals surface area contributed by atoms with E-state index in [1.165, 1.54) is 0 Å². The summed E-state index contributed by atoms with van der Waals surface area (Å²) < 4.78 is 0. The van der Waals surface area contributed by atoms with E-state index in [0.29, 0.717) is 6.04 Å². The second-order valence-corrected chi connectivity index (χ2v) is 4.99. The monoisotopic (exact) mass is 251 g/mol. The van der Waals surface area contributed by atoms with Crippen LogP contribution in [0, 0.1) is 5.92 Å². The number of aliphatic carboxylic acids is 1. The van der Waals surface area contributed by atoms with Gasteiger partial charge in [-0.15, -0.1) is 0 Å². The van der Waals surface area contributed by atoms with Crippen molar-refractivity contribution in [2.45, 2.75) is 44.6 Å². The molecule has 1 saturated carbocycles. The molecule has 2 rings (SSSR count). The first-order valence-electron chi connectivity index (χ1n) is 6.70. The summed E-state index contributed by atoms with van der Waals surface area (Å²) in [5, 5.41) is 12.5. The quantitative estimate of drug-likeness (QED) is 0.671. The molecular weight excluding hydrogens is 230 g/mol. The number of rotatable bonds is 6.